The van der Waals surface area contributed by atoms with E-state index in [9.17, 15) is 23.3 Å². The zero-order chi connectivity index (χ0) is 44.5. The number of ether oxygens (including phenoxy) is 2. The predicted octanol–water partition coefficient (Wildman–Crippen LogP) is 7.70. The number of sulfonamides is 1. The fraction of sp³-hybridized carbons (Fsp3) is 0.532. The number of allylic oxidation sites excluding steroid dienone is 1. The zero-order valence-electron chi connectivity index (χ0n) is 36.6. The summed E-state index contributed by atoms with van der Waals surface area (Å²) in [5.41, 5.74) is 5.53. The Morgan fingerprint density at radius 2 is 1.77 bits per heavy atom. The Kier molecular flexibility index (Phi) is 11.0. The molecule has 3 saturated heterocycles. The molecule has 0 radical (unpaired) electrons. The molecular formula is C47H57ClN8O7S. The summed E-state index contributed by atoms with van der Waals surface area (Å²) in [5, 5.41) is 16.1. The standard InChI is InChI=1S/C47H57ClN8O7S/c1-44(2)9-7-33(38(24-44)46-27-47(48,28-46)29-46)26-53-15-17-55(18-16-53)34-3-5-37(41(22-34)63-35-21-32-8-12-50-42(32)51-25-35)43(57)52-64(60,61)36-4-6-39(40(23-36)56(58)59)49-13-14-54-30-45(31-54)10-19-62-20-11-45/h3-6,8,12,21-23,25,49H,7,9-11,13-20,24,26-31H2,1-2H3,(H,50,51)(H,52,57). The molecule has 3 N–H and O–H groups in total. The minimum absolute atomic E-state index is 0.0199. The van der Waals surface area contributed by atoms with E-state index in [1.807, 2.05) is 6.07 Å². The van der Waals surface area contributed by atoms with E-state index in [-0.39, 0.29) is 21.9 Å². The van der Waals surface area contributed by atoms with E-state index in [0.717, 1.165) is 121 Å². The van der Waals surface area contributed by atoms with E-state index in [4.69, 9.17) is 21.1 Å². The maximum absolute atomic E-state index is 14.0. The maximum atomic E-state index is 14.0. The molecule has 3 saturated carbocycles. The van der Waals surface area contributed by atoms with Crippen molar-refractivity contribution in [2.24, 2.45) is 16.2 Å². The van der Waals surface area contributed by atoms with Crippen molar-refractivity contribution in [1.29, 1.82) is 0 Å². The van der Waals surface area contributed by atoms with Gasteiger partial charge in [0.25, 0.3) is 21.6 Å². The lowest BCUT2D eigenvalue weighted by molar-refractivity contribution is -0.384. The van der Waals surface area contributed by atoms with Crippen molar-refractivity contribution in [2.75, 3.05) is 82.3 Å². The summed E-state index contributed by atoms with van der Waals surface area (Å²) in [6.07, 6.45) is 12.3. The highest BCUT2D eigenvalue weighted by molar-refractivity contribution is 7.90. The van der Waals surface area contributed by atoms with Crippen LogP contribution in [0.1, 0.15) is 75.6 Å². The fourth-order valence-corrected chi connectivity index (χ4v) is 13.1. The highest BCUT2D eigenvalue weighted by atomic mass is 35.5. The number of aromatic nitrogens is 2. The third-order valence-corrected chi connectivity index (χ3v) is 16.6. The number of amides is 1. The van der Waals surface area contributed by atoms with Crippen LogP contribution < -0.4 is 19.7 Å². The van der Waals surface area contributed by atoms with Crippen LogP contribution in [0.2, 0.25) is 0 Å². The molecule has 0 unspecified atom stereocenters. The quantitative estimate of drug-likeness (QED) is 0.0488. The van der Waals surface area contributed by atoms with Crippen molar-refractivity contribution in [3.05, 3.63) is 87.7 Å². The third kappa shape index (κ3) is 8.47. The molecule has 6 fully saturated rings. The minimum atomic E-state index is -4.55. The molecule has 11 rings (SSSR count). The number of anilines is 2. The van der Waals surface area contributed by atoms with Gasteiger partial charge in [0.2, 0.25) is 0 Å². The van der Waals surface area contributed by atoms with Gasteiger partial charge in [0, 0.05) is 112 Å². The smallest absolute Gasteiger partial charge is 0.293 e. The largest absolute Gasteiger partial charge is 0.455 e. The van der Waals surface area contributed by atoms with E-state index in [0.29, 0.717) is 40.7 Å². The highest BCUT2D eigenvalue weighted by Crippen LogP contribution is 2.75. The second kappa shape index (κ2) is 16.3. The summed E-state index contributed by atoms with van der Waals surface area (Å²) >= 11 is 6.75. The van der Waals surface area contributed by atoms with Crippen LogP contribution in [0.3, 0.4) is 0 Å². The van der Waals surface area contributed by atoms with Gasteiger partial charge >= 0.3 is 0 Å². The second-order valence-corrected chi connectivity index (χ2v) is 22.6. The maximum Gasteiger partial charge on any atom is 0.293 e. The first kappa shape index (κ1) is 43.2. The van der Waals surface area contributed by atoms with Crippen LogP contribution in [0, 0.1) is 26.4 Å². The van der Waals surface area contributed by atoms with Gasteiger partial charge in [-0.3, -0.25) is 19.8 Å². The van der Waals surface area contributed by atoms with E-state index in [1.54, 1.807) is 47.8 Å². The Labute approximate surface area is 379 Å². The number of carbonyl (C=O) groups is 1. The number of alkyl halides is 1. The number of carbonyl (C=O) groups excluding carboxylic acids is 1. The molecule has 2 bridgehead atoms. The number of rotatable bonds is 14. The molecule has 2 aromatic heterocycles. The normalized spacial score (nSPS) is 25.3. The first-order chi connectivity index (χ1) is 30.6. The lowest BCUT2D eigenvalue weighted by atomic mass is 9.39. The van der Waals surface area contributed by atoms with Crippen LogP contribution in [-0.2, 0) is 14.8 Å². The van der Waals surface area contributed by atoms with Crippen molar-refractivity contribution < 1.29 is 27.6 Å². The van der Waals surface area contributed by atoms with Gasteiger partial charge in [-0.2, -0.15) is 0 Å². The number of hydrogen-bond donors (Lipinski definition) is 3. The molecular weight excluding hydrogens is 856 g/mol. The van der Waals surface area contributed by atoms with Gasteiger partial charge in [-0.1, -0.05) is 25.0 Å². The zero-order valence-corrected chi connectivity index (χ0v) is 38.2. The van der Waals surface area contributed by atoms with Gasteiger partial charge in [-0.05, 0) is 98.6 Å². The number of piperazine rings is 1. The van der Waals surface area contributed by atoms with Crippen molar-refractivity contribution in [1.82, 2.24) is 24.5 Å². The number of aromatic amines is 1. The van der Waals surface area contributed by atoms with Gasteiger partial charge < -0.3 is 29.6 Å². The lowest BCUT2D eigenvalue weighted by Gasteiger charge is -2.70. The molecule has 5 heterocycles. The van der Waals surface area contributed by atoms with Crippen molar-refractivity contribution >= 4 is 55.6 Å². The minimum Gasteiger partial charge on any atom is -0.455 e. The number of halogens is 1. The highest BCUT2D eigenvalue weighted by Gasteiger charge is 2.69. The molecule has 64 heavy (non-hydrogen) atoms. The van der Waals surface area contributed by atoms with Crippen LogP contribution >= 0.6 is 11.6 Å². The van der Waals surface area contributed by atoms with Crippen LogP contribution in [0.4, 0.5) is 17.1 Å². The van der Waals surface area contributed by atoms with E-state index in [1.165, 1.54) is 18.6 Å². The van der Waals surface area contributed by atoms with Crippen molar-refractivity contribution in [2.45, 2.75) is 75.0 Å². The Hall–Kier alpha value is -4.74. The monoisotopic (exact) mass is 912 g/mol. The number of H-pyrrole nitrogens is 1. The number of benzene rings is 2. The molecule has 1 spiro atoms. The average Bonchev–Trinajstić information content (AvgIpc) is 3.71. The van der Waals surface area contributed by atoms with Crippen LogP contribution in [-0.4, -0.2) is 116 Å². The summed E-state index contributed by atoms with van der Waals surface area (Å²) in [4.78, 5) is 39.8. The second-order valence-electron chi connectivity index (χ2n) is 20.1. The molecule has 4 aromatic rings. The Morgan fingerprint density at radius 1 is 1.00 bits per heavy atom. The van der Waals surface area contributed by atoms with Crippen LogP contribution in [0.25, 0.3) is 11.0 Å². The predicted molar refractivity (Wildman–Crippen MR) is 246 cm³/mol. The Balaban J connectivity index is 0.829. The lowest BCUT2D eigenvalue weighted by Crippen LogP contribution is -2.65. The molecule has 15 nitrogen and oxygen atoms in total. The van der Waals surface area contributed by atoms with Gasteiger partial charge in [0.1, 0.15) is 22.8 Å². The van der Waals surface area contributed by atoms with Gasteiger partial charge in [-0.25, -0.2) is 18.1 Å². The van der Waals surface area contributed by atoms with Crippen molar-refractivity contribution in [3.8, 4) is 11.5 Å². The van der Waals surface area contributed by atoms with E-state index in [2.05, 4.69) is 48.6 Å². The van der Waals surface area contributed by atoms with Crippen LogP contribution in [0.15, 0.2) is 77.0 Å². The van der Waals surface area contributed by atoms with E-state index >= 15 is 0 Å². The molecule has 4 aliphatic carbocycles. The summed E-state index contributed by atoms with van der Waals surface area (Å²) in [5.74, 6) is -0.423. The fourth-order valence-electron chi connectivity index (χ4n) is 11.3. The molecule has 7 aliphatic rings. The number of hydrogen-bond acceptors (Lipinski definition) is 12. The number of nitrogens with one attached hydrogen (secondary N) is 3. The molecule has 2 aromatic carbocycles. The average molecular weight is 914 g/mol. The topological polar surface area (TPSA) is 175 Å². The third-order valence-electron chi connectivity index (χ3n) is 14.9. The van der Waals surface area contributed by atoms with Crippen molar-refractivity contribution in [3.63, 3.8) is 0 Å². The molecule has 17 heteroatoms. The molecule has 0 atom stereocenters. The summed E-state index contributed by atoms with van der Waals surface area (Å²) in [6.45, 7) is 13.7. The number of likely N-dealkylation sites (tertiary alicyclic amines) is 1. The Morgan fingerprint density at radius 3 is 2.50 bits per heavy atom. The molecule has 1 amide bonds. The number of nitrogens with zero attached hydrogens (tertiary/aromatic N) is 5. The number of nitro groups is 1. The summed E-state index contributed by atoms with van der Waals surface area (Å²) in [6, 6.07) is 12.4. The first-order valence-electron chi connectivity index (χ1n) is 22.6. The summed E-state index contributed by atoms with van der Waals surface area (Å²) in [7, 11) is -4.55. The van der Waals surface area contributed by atoms with Crippen LogP contribution in [0.5, 0.6) is 11.5 Å². The molecule has 340 valence electrons. The number of nitro benzene ring substituents is 1. The molecule has 3 aliphatic heterocycles. The van der Waals surface area contributed by atoms with Gasteiger partial charge in [-0.15, -0.1) is 11.6 Å². The van der Waals surface area contributed by atoms with Gasteiger partial charge in [0.15, 0.2) is 0 Å². The first-order valence-corrected chi connectivity index (χ1v) is 24.5. The number of fused-ring (bicyclic) bond motifs is 1. The SMILES string of the molecule is CC1(C)CCC(CN2CCN(c3ccc(C(=O)NS(=O)(=O)c4ccc(NCCN5CC6(CCOCC6)C5)c([N+](=O)[O-])c4)c(Oc4cnc5[nH]ccc5c4)c3)CC2)=C(C23CC(Cl)(C2)C3)C1. The van der Waals surface area contributed by atoms with Gasteiger partial charge in [0.05, 0.1) is 21.6 Å². The Bertz CT molecular complexity index is 2610. The van der Waals surface area contributed by atoms with E-state index < -0.39 is 31.4 Å². The summed E-state index contributed by atoms with van der Waals surface area (Å²) < 4.78 is 41.5. The number of pyridine rings is 1.